The molecule has 0 aromatic carbocycles. The minimum absolute atomic E-state index is 0.636. The number of hydrogen-bond acceptors (Lipinski definition) is 1. The van der Waals surface area contributed by atoms with Crippen LogP contribution in [0, 0.1) is 5.41 Å². The van der Waals surface area contributed by atoms with Crippen molar-refractivity contribution in [1.29, 1.82) is 0 Å². The zero-order valence-electron chi connectivity index (χ0n) is 9.10. The summed E-state index contributed by atoms with van der Waals surface area (Å²) in [5.74, 6) is 0. The third-order valence-corrected chi connectivity index (χ3v) is 5.14. The monoisotopic (exact) mass is 259 g/mol. The molecule has 0 aromatic heterocycles. The number of piperidine rings is 1. The third-order valence-electron chi connectivity index (χ3n) is 3.96. The average Bonchev–Trinajstić information content (AvgIpc) is 2.69. The predicted octanol–water partition coefficient (Wildman–Crippen LogP) is 3.43. The van der Waals surface area contributed by atoms with Gasteiger partial charge in [-0.2, -0.15) is 0 Å². The van der Waals surface area contributed by atoms with Crippen molar-refractivity contribution >= 4 is 15.9 Å². The third kappa shape index (κ3) is 2.52. The Bertz CT molecular complexity index is 169. The van der Waals surface area contributed by atoms with E-state index < -0.39 is 0 Å². The van der Waals surface area contributed by atoms with Crippen LogP contribution in [0.1, 0.15) is 44.9 Å². The fourth-order valence-electron chi connectivity index (χ4n) is 3.05. The molecule has 0 spiro atoms. The smallest absolute Gasteiger partial charge is 0.0100 e. The second kappa shape index (κ2) is 4.98. The lowest BCUT2D eigenvalue weighted by atomic mass is 9.87. The summed E-state index contributed by atoms with van der Waals surface area (Å²) in [4.78, 5) is 2.70. The van der Waals surface area contributed by atoms with E-state index in [0.29, 0.717) is 5.41 Å². The maximum atomic E-state index is 3.73. The van der Waals surface area contributed by atoms with Gasteiger partial charge in [0.25, 0.3) is 0 Å². The Morgan fingerprint density at radius 2 is 1.57 bits per heavy atom. The van der Waals surface area contributed by atoms with E-state index in [-0.39, 0.29) is 0 Å². The number of rotatable bonds is 3. The second-order valence-corrected chi connectivity index (χ2v) is 5.74. The summed E-state index contributed by atoms with van der Waals surface area (Å²) in [6.45, 7) is 4.07. The normalized spacial score (nSPS) is 28.1. The van der Waals surface area contributed by atoms with Gasteiger partial charge < -0.3 is 4.90 Å². The zero-order chi connectivity index (χ0) is 9.86. The summed E-state index contributed by atoms with van der Waals surface area (Å²) in [6, 6.07) is 0. The highest BCUT2D eigenvalue weighted by atomic mass is 79.9. The molecule has 1 nitrogen and oxygen atoms in total. The summed E-state index contributed by atoms with van der Waals surface area (Å²) in [6.07, 6.45) is 10.1. The average molecular weight is 260 g/mol. The molecule has 2 rings (SSSR count). The van der Waals surface area contributed by atoms with Crippen molar-refractivity contribution in [2.75, 3.05) is 25.0 Å². The summed E-state index contributed by atoms with van der Waals surface area (Å²) in [5.41, 5.74) is 0.636. The van der Waals surface area contributed by atoms with Crippen molar-refractivity contribution in [3.05, 3.63) is 0 Å². The predicted molar refractivity (Wildman–Crippen MR) is 65.0 cm³/mol. The van der Waals surface area contributed by atoms with Crippen LogP contribution >= 0.6 is 15.9 Å². The second-order valence-electron chi connectivity index (χ2n) is 5.18. The van der Waals surface area contributed by atoms with Crippen LogP contribution in [0.3, 0.4) is 0 Å². The molecular weight excluding hydrogens is 238 g/mol. The van der Waals surface area contributed by atoms with Crippen molar-refractivity contribution in [3.8, 4) is 0 Å². The van der Waals surface area contributed by atoms with E-state index in [1.54, 1.807) is 0 Å². The Morgan fingerprint density at radius 3 is 2.14 bits per heavy atom. The summed E-state index contributed by atoms with van der Waals surface area (Å²) in [5, 5.41) is 1.22. The first-order valence-electron chi connectivity index (χ1n) is 6.13. The molecule has 0 aromatic rings. The van der Waals surface area contributed by atoms with Gasteiger partial charge in [-0.25, -0.2) is 0 Å². The van der Waals surface area contributed by atoms with Gasteiger partial charge in [0.2, 0.25) is 0 Å². The van der Waals surface area contributed by atoms with E-state index in [1.165, 1.54) is 69.9 Å². The number of alkyl halides is 1. The molecule has 0 amide bonds. The van der Waals surface area contributed by atoms with Gasteiger partial charge in [0.05, 0.1) is 0 Å². The van der Waals surface area contributed by atoms with E-state index in [2.05, 4.69) is 20.8 Å². The van der Waals surface area contributed by atoms with Crippen molar-refractivity contribution in [3.63, 3.8) is 0 Å². The molecule has 2 fully saturated rings. The number of nitrogens with zero attached hydrogens (tertiary/aromatic N) is 1. The van der Waals surface area contributed by atoms with Gasteiger partial charge in [-0.1, -0.05) is 35.2 Å². The molecule has 0 unspecified atom stereocenters. The first kappa shape index (κ1) is 10.9. The van der Waals surface area contributed by atoms with E-state index in [1.807, 2.05) is 0 Å². The largest absolute Gasteiger partial charge is 0.303 e. The minimum Gasteiger partial charge on any atom is -0.303 e. The molecule has 0 N–H and O–H groups in total. The molecule has 14 heavy (non-hydrogen) atoms. The lowest BCUT2D eigenvalue weighted by Gasteiger charge is -2.36. The van der Waals surface area contributed by atoms with Crippen molar-refractivity contribution in [1.82, 2.24) is 4.90 Å². The lowest BCUT2D eigenvalue weighted by molar-refractivity contribution is 0.148. The SMILES string of the molecule is BrCC1(CN2CCCCC2)CCCC1. The zero-order valence-corrected chi connectivity index (χ0v) is 10.7. The van der Waals surface area contributed by atoms with E-state index in [4.69, 9.17) is 0 Å². The van der Waals surface area contributed by atoms with Gasteiger partial charge in [-0.05, 0) is 44.2 Å². The Kier molecular flexibility index (Phi) is 3.89. The highest BCUT2D eigenvalue weighted by Gasteiger charge is 2.34. The molecule has 1 heterocycles. The van der Waals surface area contributed by atoms with Gasteiger partial charge in [-0.15, -0.1) is 0 Å². The lowest BCUT2D eigenvalue weighted by Crippen LogP contribution is -2.40. The van der Waals surface area contributed by atoms with Gasteiger partial charge in [0.1, 0.15) is 0 Å². The highest BCUT2D eigenvalue weighted by Crippen LogP contribution is 2.40. The molecule has 2 aliphatic rings. The minimum atomic E-state index is 0.636. The molecule has 1 aliphatic heterocycles. The topological polar surface area (TPSA) is 3.24 Å². The van der Waals surface area contributed by atoms with Gasteiger partial charge in [-0.3, -0.25) is 0 Å². The molecule has 0 radical (unpaired) electrons. The van der Waals surface area contributed by atoms with Crippen LogP contribution in [0.5, 0.6) is 0 Å². The Balaban J connectivity index is 1.86. The number of likely N-dealkylation sites (tertiary alicyclic amines) is 1. The van der Waals surface area contributed by atoms with E-state index >= 15 is 0 Å². The molecule has 82 valence electrons. The molecule has 1 saturated heterocycles. The standard InChI is InChI=1S/C12H22BrN/c13-10-12(6-2-3-7-12)11-14-8-4-1-5-9-14/h1-11H2. The van der Waals surface area contributed by atoms with Crippen molar-refractivity contribution in [2.24, 2.45) is 5.41 Å². The Morgan fingerprint density at radius 1 is 0.929 bits per heavy atom. The molecule has 0 atom stereocenters. The summed E-state index contributed by atoms with van der Waals surface area (Å²) in [7, 11) is 0. The van der Waals surface area contributed by atoms with E-state index in [0.717, 1.165) is 0 Å². The summed E-state index contributed by atoms with van der Waals surface area (Å²) >= 11 is 3.73. The Hall–Kier alpha value is 0.440. The number of hydrogen-bond donors (Lipinski definition) is 0. The van der Waals surface area contributed by atoms with Gasteiger partial charge in [0.15, 0.2) is 0 Å². The van der Waals surface area contributed by atoms with Crippen LogP contribution < -0.4 is 0 Å². The fraction of sp³-hybridized carbons (Fsp3) is 1.00. The fourth-order valence-corrected chi connectivity index (χ4v) is 3.79. The number of halogens is 1. The molecule has 2 heteroatoms. The first-order chi connectivity index (χ1) is 6.85. The van der Waals surface area contributed by atoms with Crippen LogP contribution in [0.2, 0.25) is 0 Å². The van der Waals surface area contributed by atoms with Gasteiger partial charge >= 0.3 is 0 Å². The molecule has 0 bridgehead atoms. The molecular formula is C12H22BrN. The first-order valence-corrected chi connectivity index (χ1v) is 7.25. The van der Waals surface area contributed by atoms with E-state index in [9.17, 15) is 0 Å². The van der Waals surface area contributed by atoms with Crippen LogP contribution in [-0.4, -0.2) is 29.9 Å². The Labute approximate surface area is 96.4 Å². The van der Waals surface area contributed by atoms with Crippen LogP contribution in [0.15, 0.2) is 0 Å². The van der Waals surface area contributed by atoms with Gasteiger partial charge in [0, 0.05) is 11.9 Å². The van der Waals surface area contributed by atoms with Crippen LogP contribution in [-0.2, 0) is 0 Å². The summed E-state index contributed by atoms with van der Waals surface area (Å²) < 4.78 is 0. The maximum Gasteiger partial charge on any atom is 0.0100 e. The quantitative estimate of drug-likeness (QED) is 0.703. The molecule has 1 aliphatic carbocycles. The van der Waals surface area contributed by atoms with Crippen molar-refractivity contribution in [2.45, 2.75) is 44.9 Å². The van der Waals surface area contributed by atoms with Crippen molar-refractivity contribution < 1.29 is 0 Å². The maximum absolute atomic E-state index is 3.73. The highest BCUT2D eigenvalue weighted by molar-refractivity contribution is 9.09. The molecule has 1 saturated carbocycles. The van der Waals surface area contributed by atoms with Crippen LogP contribution in [0.4, 0.5) is 0 Å². The van der Waals surface area contributed by atoms with Crippen LogP contribution in [0.25, 0.3) is 0 Å².